The van der Waals surface area contributed by atoms with E-state index >= 15 is 0 Å². The fourth-order valence-electron chi connectivity index (χ4n) is 3.06. The molecule has 0 spiro atoms. The van der Waals surface area contributed by atoms with Gasteiger partial charge in [-0.1, -0.05) is 33.8 Å². The lowest BCUT2D eigenvalue weighted by molar-refractivity contribution is 0.227. The fourth-order valence-corrected chi connectivity index (χ4v) is 3.06. The first-order chi connectivity index (χ1) is 11.5. The van der Waals surface area contributed by atoms with Gasteiger partial charge in [-0.2, -0.15) is 0 Å². The molecule has 0 atom stereocenters. The van der Waals surface area contributed by atoms with Crippen LogP contribution >= 0.6 is 12.4 Å². The van der Waals surface area contributed by atoms with Gasteiger partial charge in [-0.15, -0.1) is 12.4 Å². The Morgan fingerprint density at radius 3 is 2.40 bits per heavy atom. The summed E-state index contributed by atoms with van der Waals surface area (Å²) in [5.41, 5.74) is 2.04. The summed E-state index contributed by atoms with van der Waals surface area (Å²) in [6, 6.07) is 8.08. The summed E-state index contributed by atoms with van der Waals surface area (Å²) in [5.74, 6) is 2.23. The molecule has 0 saturated carbocycles. The number of hydrogen-bond donors (Lipinski definition) is 1. The number of pyridine rings is 1. The number of fused-ring (bicyclic) bond motifs is 1. The first-order valence-electron chi connectivity index (χ1n) is 8.88. The zero-order valence-electron chi connectivity index (χ0n) is 16.1. The molecule has 0 unspecified atom stereocenters. The Kier molecular flexibility index (Phi) is 9.01. The second-order valence-electron chi connectivity index (χ2n) is 7.22. The minimum atomic E-state index is 0. The van der Waals surface area contributed by atoms with Crippen LogP contribution in [0.3, 0.4) is 0 Å². The van der Waals surface area contributed by atoms with Crippen LogP contribution in [0.2, 0.25) is 0 Å². The number of methoxy groups -OCH3 is 1. The summed E-state index contributed by atoms with van der Waals surface area (Å²) < 4.78 is 5.42. The highest BCUT2D eigenvalue weighted by atomic mass is 35.5. The standard InChI is InChI=1S/C20H31N3O.ClH/c1-15(2)13-23(14-16(3)4)10-9-21-19-12-18(24-5)11-17-7-6-8-22-20(17)19;/h6-8,11-12,15-16,21H,9-10,13-14H2,1-5H3;1H. The SMILES string of the molecule is COc1cc(NCCN(CC(C)C)CC(C)C)c2ncccc2c1.Cl. The first kappa shape index (κ1) is 21.5. The van der Waals surface area contributed by atoms with Crippen molar-refractivity contribution in [1.82, 2.24) is 9.88 Å². The highest BCUT2D eigenvalue weighted by Gasteiger charge is 2.10. The number of aromatic nitrogens is 1. The second-order valence-corrected chi connectivity index (χ2v) is 7.22. The van der Waals surface area contributed by atoms with E-state index < -0.39 is 0 Å². The number of hydrogen-bond acceptors (Lipinski definition) is 4. The first-order valence-corrected chi connectivity index (χ1v) is 8.88. The molecule has 1 aromatic heterocycles. The van der Waals surface area contributed by atoms with Crippen molar-refractivity contribution in [2.75, 3.05) is 38.6 Å². The molecule has 1 heterocycles. The van der Waals surface area contributed by atoms with Gasteiger partial charge < -0.3 is 15.0 Å². The lowest BCUT2D eigenvalue weighted by Gasteiger charge is -2.26. The number of rotatable bonds is 9. The van der Waals surface area contributed by atoms with Crippen molar-refractivity contribution in [2.24, 2.45) is 11.8 Å². The van der Waals surface area contributed by atoms with Gasteiger partial charge >= 0.3 is 0 Å². The van der Waals surface area contributed by atoms with Gasteiger partial charge in [-0.05, 0) is 24.0 Å². The number of benzene rings is 1. The van der Waals surface area contributed by atoms with Gasteiger partial charge in [0.2, 0.25) is 0 Å². The van der Waals surface area contributed by atoms with Crippen LogP contribution in [0.1, 0.15) is 27.7 Å². The third-order valence-electron chi connectivity index (χ3n) is 3.90. The molecular formula is C20H32ClN3O. The van der Waals surface area contributed by atoms with Crippen molar-refractivity contribution in [2.45, 2.75) is 27.7 Å². The predicted molar refractivity (Wildman–Crippen MR) is 110 cm³/mol. The summed E-state index contributed by atoms with van der Waals surface area (Å²) >= 11 is 0. The normalized spacial score (nSPS) is 11.2. The van der Waals surface area contributed by atoms with Gasteiger partial charge in [0.25, 0.3) is 0 Å². The molecule has 2 rings (SSSR count). The van der Waals surface area contributed by atoms with Crippen LogP contribution in [0, 0.1) is 11.8 Å². The summed E-state index contributed by atoms with van der Waals surface area (Å²) in [4.78, 5) is 7.06. The Morgan fingerprint density at radius 2 is 1.80 bits per heavy atom. The third-order valence-corrected chi connectivity index (χ3v) is 3.90. The largest absolute Gasteiger partial charge is 0.497 e. The van der Waals surface area contributed by atoms with Crippen LogP contribution in [-0.4, -0.2) is 43.2 Å². The maximum Gasteiger partial charge on any atom is 0.121 e. The zero-order chi connectivity index (χ0) is 17.5. The van der Waals surface area contributed by atoms with Crippen LogP contribution in [0.4, 0.5) is 5.69 Å². The number of ether oxygens (including phenoxy) is 1. The van der Waals surface area contributed by atoms with E-state index in [1.165, 1.54) is 0 Å². The number of nitrogens with one attached hydrogen (secondary N) is 1. The van der Waals surface area contributed by atoms with Crippen molar-refractivity contribution in [3.05, 3.63) is 30.5 Å². The van der Waals surface area contributed by atoms with Gasteiger partial charge in [0.1, 0.15) is 5.75 Å². The van der Waals surface area contributed by atoms with E-state index in [1.807, 2.05) is 24.4 Å². The Balaban J connectivity index is 0.00000312. The molecule has 0 saturated heterocycles. The molecule has 5 heteroatoms. The smallest absolute Gasteiger partial charge is 0.121 e. The Morgan fingerprint density at radius 1 is 1.12 bits per heavy atom. The van der Waals surface area contributed by atoms with Crippen molar-refractivity contribution in [3.63, 3.8) is 0 Å². The number of anilines is 1. The van der Waals surface area contributed by atoms with Crippen LogP contribution < -0.4 is 10.1 Å². The number of nitrogens with zero attached hydrogens (tertiary/aromatic N) is 2. The Bertz CT molecular complexity index is 636. The topological polar surface area (TPSA) is 37.4 Å². The van der Waals surface area contributed by atoms with E-state index in [0.29, 0.717) is 11.8 Å². The minimum absolute atomic E-state index is 0. The average Bonchev–Trinajstić information content (AvgIpc) is 2.53. The maximum atomic E-state index is 5.42. The summed E-state index contributed by atoms with van der Waals surface area (Å²) in [5, 5.41) is 4.65. The quantitative estimate of drug-likeness (QED) is 0.699. The van der Waals surface area contributed by atoms with Crippen molar-refractivity contribution < 1.29 is 4.74 Å². The molecule has 0 aliphatic carbocycles. The van der Waals surface area contributed by atoms with Crippen LogP contribution in [0.5, 0.6) is 5.75 Å². The Hall–Kier alpha value is -1.52. The monoisotopic (exact) mass is 365 g/mol. The van der Waals surface area contributed by atoms with Gasteiger partial charge in [-0.3, -0.25) is 4.98 Å². The van der Waals surface area contributed by atoms with Crippen molar-refractivity contribution in [3.8, 4) is 5.75 Å². The molecule has 25 heavy (non-hydrogen) atoms. The highest BCUT2D eigenvalue weighted by molar-refractivity contribution is 5.91. The lowest BCUT2D eigenvalue weighted by atomic mass is 10.1. The van der Waals surface area contributed by atoms with E-state index in [0.717, 1.165) is 48.5 Å². The molecule has 2 aromatic rings. The molecule has 4 nitrogen and oxygen atoms in total. The molecule has 0 radical (unpaired) electrons. The lowest BCUT2D eigenvalue weighted by Crippen LogP contribution is -2.35. The van der Waals surface area contributed by atoms with E-state index in [2.05, 4.69) is 49.0 Å². The zero-order valence-corrected chi connectivity index (χ0v) is 16.9. The molecule has 1 aromatic carbocycles. The van der Waals surface area contributed by atoms with Crippen LogP contribution in [0.15, 0.2) is 30.5 Å². The van der Waals surface area contributed by atoms with Gasteiger partial charge in [0.15, 0.2) is 0 Å². The molecule has 0 bridgehead atoms. The fraction of sp³-hybridized carbons (Fsp3) is 0.550. The third kappa shape index (κ3) is 6.71. The molecular weight excluding hydrogens is 334 g/mol. The summed E-state index contributed by atoms with van der Waals surface area (Å²) in [7, 11) is 1.70. The van der Waals surface area contributed by atoms with Gasteiger partial charge in [-0.25, -0.2) is 0 Å². The molecule has 0 aliphatic heterocycles. The van der Waals surface area contributed by atoms with E-state index in [1.54, 1.807) is 7.11 Å². The highest BCUT2D eigenvalue weighted by Crippen LogP contribution is 2.27. The van der Waals surface area contributed by atoms with Crippen molar-refractivity contribution in [1.29, 1.82) is 0 Å². The van der Waals surface area contributed by atoms with E-state index in [4.69, 9.17) is 4.74 Å². The van der Waals surface area contributed by atoms with E-state index in [9.17, 15) is 0 Å². The predicted octanol–water partition coefficient (Wildman–Crippen LogP) is 4.69. The Labute approximate surface area is 158 Å². The maximum absolute atomic E-state index is 5.42. The minimum Gasteiger partial charge on any atom is -0.497 e. The molecule has 1 N–H and O–H groups in total. The molecule has 0 aliphatic rings. The van der Waals surface area contributed by atoms with Gasteiger partial charge in [0.05, 0.1) is 18.3 Å². The average molecular weight is 366 g/mol. The second kappa shape index (κ2) is 10.5. The van der Waals surface area contributed by atoms with Crippen LogP contribution in [-0.2, 0) is 0 Å². The van der Waals surface area contributed by atoms with E-state index in [-0.39, 0.29) is 12.4 Å². The molecule has 0 fully saturated rings. The summed E-state index contributed by atoms with van der Waals surface area (Å²) in [6.07, 6.45) is 1.84. The van der Waals surface area contributed by atoms with Crippen molar-refractivity contribution >= 4 is 29.0 Å². The van der Waals surface area contributed by atoms with Crippen LogP contribution in [0.25, 0.3) is 10.9 Å². The van der Waals surface area contributed by atoms with Gasteiger partial charge in [0, 0.05) is 43.8 Å². The molecule has 140 valence electrons. The number of halogens is 1. The molecule has 0 amide bonds. The summed E-state index contributed by atoms with van der Waals surface area (Å²) in [6.45, 7) is 13.3.